The van der Waals surface area contributed by atoms with Gasteiger partial charge >= 0.3 is 0 Å². The second kappa shape index (κ2) is 8.56. The molecule has 3 amide bonds. The fourth-order valence-electron chi connectivity index (χ4n) is 3.08. The van der Waals surface area contributed by atoms with Gasteiger partial charge in [-0.25, -0.2) is 0 Å². The number of ether oxygens (including phenoxy) is 1. The molecule has 0 radical (unpaired) electrons. The molecule has 2 aromatic carbocycles. The zero-order chi connectivity index (χ0) is 20.1. The molecule has 1 aliphatic heterocycles. The lowest BCUT2D eigenvalue weighted by atomic mass is 10.1. The molecular formula is C21H23N3O4. The summed E-state index contributed by atoms with van der Waals surface area (Å²) in [5, 5.41) is 5.55. The highest BCUT2D eigenvalue weighted by atomic mass is 16.5. The fourth-order valence-corrected chi connectivity index (χ4v) is 3.08. The number of anilines is 2. The van der Waals surface area contributed by atoms with Crippen molar-refractivity contribution < 1.29 is 19.1 Å². The average molecular weight is 381 g/mol. The van der Waals surface area contributed by atoms with Crippen LogP contribution >= 0.6 is 0 Å². The van der Waals surface area contributed by atoms with Crippen molar-refractivity contribution in [2.45, 2.75) is 26.3 Å². The Morgan fingerprint density at radius 2 is 1.89 bits per heavy atom. The van der Waals surface area contributed by atoms with Gasteiger partial charge < -0.3 is 20.3 Å². The summed E-state index contributed by atoms with van der Waals surface area (Å²) in [4.78, 5) is 37.2. The first-order valence-corrected chi connectivity index (χ1v) is 9.11. The Labute approximate surface area is 163 Å². The predicted molar refractivity (Wildman–Crippen MR) is 106 cm³/mol. The van der Waals surface area contributed by atoms with Crippen molar-refractivity contribution in [3.8, 4) is 5.75 Å². The maximum Gasteiger partial charge on any atom is 0.255 e. The van der Waals surface area contributed by atoms with Gasteiger partial charge in [0, 0.05) is 43.8 Å². The van der Waals surface area contributed by atoms with E-state index in [4.69, 9.17) is 4.74 Å². The number of carbonyl (C=O) groups excluding carboxylic acids is 3. The van der Waals surface area contributed by atoms with E-state index in [1.807, 2.05) is 0 Å². The Bertz CT molecular complexity index is 893. The van der Waals surface area contributed by atoms with Crippen molar-refractivity contribution in [3.05, 3.63) is 53.6 Å². The molecule has 7 heteroatoms. The Morgan fingerprint density at radius 3 is 2.50 bits per heavy atom. The molecule has 2 aromatic rings. The molecule has 146 valence electrons. The van der Waals surface area contributed by atoms with E-state index in [0.717, 1.165) is 12.0 Å². The van der Waals surface area contributed by atoms with Crippen molar-refractivity contribution in [1.29, 1.82) is 0 Å². The molecule has 0 aliphatic carbocycles. The molecule has 0 saturated carbocycles. The van der Waals surface area contributed by atoms with Crippen molar-refractivity contribution in [2.75, 3.05) is 23.9 Å². The molecule has 1 heterocycles. The molecule has 1 fully saturated rings. The standard InChI is InChI=1S/C21H23N3O4/c1-14(25)22-13-15-5-7-16(8-6-15)21(27)23-17-9-10-18(19(12-17)28-2)24-11-3-4-20(24)26/h5-10,12H,3-4,11,13H2,1-2H3,(H,22,25)(H,23,27). The number of methoxy groups -OCH3 is 1. The van der Waals surface area contributed by atoms with Crippen LogP contribution in [0.4, 0.5) is 11.4 Å². The van der Waals surface area contributed by atoms with Crippen LogP contribution in [0.3, 0.4) is 0 Å². The minimum Gasteiger partial charge on any atom is -0.494 e. The average Bonchev–Trinajstić information content (AvgIpc) is 3.12. The lowest BCUT2D eigenvalue weighted by Crippen LogP contribution is -2.24. The van der Waals surface area contributed by atoms with Crippen molar-refractivity contribution >= 4 is 29.1 Å². The second-order valence-corrected chi connectivity index (χ2v) is 6.60. The molecule has 1 saturated heterocycles. The third-order valence-electron chi connectivity index (χ3n) is 4.56. The summed E-state index contributed by atoms with van der Waals surface area (Å²) in [6.45, 7) is 2.55. The molecule has 0 unspecified atom stereocenters. The largest absolute Gasteiger partial charge is 0.494 e. The minimum absolute atomic E-state index is 0.0782. The van der Waals surface area contributed by atoms with Gasteiger partial charge in [0.05, 0.1) is 12.8 Å². The molecule has 3 rings (SSSR count). The normalized spacial score (nSPS) is 13.4. The van der Waals surface area contributed by atoms with E-state index in [1.54, 1.807) is 54.5 Å². The van der Waals surface area contributed by atoms with Gasteiger partial charge in [-0.3, -0.25) is 14.4 Å². The molecule has 0 aromatic heterocycles. The Hall–Kier alpha value is -3.35. The second-order valence-electron chi connectivity index (χ2n) is 6.60. The summed E-state index contributed by atoms with van der Waals surface area (Å²) in [5.74, 6) is 0.265. The molecule has 28 heavy (non-hydrogen) atoms. The summed E-state index contributed by atoms with van der Waals surface area (Å²) >= 11 is 0. The Balaban J connectivity index is 1.70. The number of nitrogens with zero attached hydrogens (tertiary/aromatic N) is 1. The van der Waals surface area contributed by atoms with Gasteiger partial charge in [-0.2, -0.15) is 0 Å². The topological polar surface area (TPSA) is 87.7 Å². The van der Waals surface area contributed by atoms with Crippen LogP contribution in [0.25, 0.3) is 0 Å². The van der Waals surface area contributed by atoms with E-state index in [2.05, 4.69) is 10.6 Å². The third-order valence-corrected chi connectivity index (χ3v) is 4.56. The van der Waals surface area contributed by atoms with Crippen molar-refractivity contribution in [3.63, 3.8) is 0 Å². The van der Waals surface area contributed by atoms with Crippen LogP contribution in [-0.4, -0.2) is 31.4 Å². The maximum absolute atomic E-state index is 12.5. The number of rotatable bonds is 6. The van der Waals surface area contributed by atoms with E-state index < -0.39 is 0 Å². The molecular weight excluding hydrogens is 358 g/mol. The number of hydrogen-bond donors (Lipinski definition) is 2. The van der Waals surface area contributed by atoms with Crippen LogP contribution in [0.5, 0.6) is 5.75 Å². The quantitative estimate of drug-likeness (QED) is 0.805. The summed E-state index contributed by atoms with van der Waals surface area (Å²) in [6.07, 6.45) is 1.37. The SMILES string of the molecule is COc1cc(NC(=O)c2ccc(CNC(C)=O)cc2)ccc1N1CCCC1=O. The molecule has 7 nitrogen and oxygen atoms in total. The van der Waals surface area contributed by atoms with Crippen LogP contribution < -0.4 is 20.3 Å². The van der Waals surface area contributed by atoms with Crippen molar-refractivity contribution in [2.24, 2.45) is 0 Å². The first-order valence-electron chi connectivity index (χ1n) is 9.11. The summed E-state index contributed by atoms with van der Waals surface area (Å²) in [5.41, 5.74) is 2.71. The van der Waals surface area contributed by atoms with Gasteiger partial charge in [-0.05, 0) is 36.2 Å². The van der Waals surface area contributed by atoms with Gasteiger partial charge in [0.25, 0.3) is 5.91 Å². The first kappa shape index (κ1) is 19.4. The number of amides is 3. The minimum atomic E-state index is -0.252. The number of benzene rings is 2. The Kier molecular flexibility index (Phi) is 5.93. The fraction of sp³-hybridized carbons (Fsp3) is 0.286. The van der Waals surface area contributed by atoms with Gasteiger partial charge in [0.15, 0.2) is 0 Å². The Morgan fingerprint density at radius 1 is 1.14 bits per heavy atom. The summed E-state index contributed by atoms with van der Waals surface area (Å²) < 4.78 is 5.42. The number of hydrogen-bond acceptors (Lipinski definition) is 4. The highest BCUT2D eigenvalue weighted by Crippen LogP contribution is 2.33. The molecule has 0 spiro atoms. The number of nitrogens with one attached hydrogen (secondary N) is 2. The zero-order valence-electron chi connectivity index (χ0n) is 16.0. The van der Waals surface area contributed by atoms with Crippen molar-refractivity contribution in [1.82, 2.24) is 5.32 Å². The van der Waals surface area contributed by atoms with Crippen LogP contribution in [0.15, 0.2) is 42.5 Å². The monoisotopic (exact) mass is 381 g/mol. The molecule has 0 atom stereocenters. The highest BCUT2D eigenvalue weighted by Gasteiger charge is 2.24. The first-order chi connectivity index (χ1) is 13.5. The molecule has 1 aliphatic rings. The highest BCUT2D eigenvalue weighted by molar-refractivity contribution is 6.05. The molecule has 0 bridgehead atoms. The lowest BCUT2D eigenvalue weighted by Gasteiger charge is -2.19. The van der Waals surface area contributed by atoms with E-state index in [-0.39, 0.29) is 17.7 Å². The van der Waals surface area contributed by atoms with Crippen LogP contribution in [0.2, 0.25) is 0 Å². The van der Waals surface area contributed by atoms with Gasteiger partial charge in [-0.1, -0.05) is 12.1 Å². The molecule has 2 N–H and O–H groups in total. The van der Waals surface area contributed by atoms with Crippen LogP contribution in [-0.2, 0) is 16.1 Å². The number of carbonyl (C=O) groups is 3. The van der Waals surface area contributed by atoms with E-state index in [9.17, 15) is 14.4 Å². The van der Waals surface area contributed by atoms with Gasteiger partial charge in [0.1, 0.15) is 5.75 Å². The maximum atomic E-state index is 12.5. The predicted octanol–water partition coefficient (Wildman–Crippen LogP) is 2.71. The lowest BCUT2D eigenvalue weighted by molar-refractivity contribution is -0.119. The zero-order valence-corrected chi connectivity index (χ0v) is 16.0. The van der Waals surface area contributed by atoms with E-state index in [0.29, 0.717) is 42.2 Å². The van der Waals surface area contributed by atoms with Crippen LogP contribution in [0.1, 0.15) is 35.7 Å². The van der Waals surface area contributed by atoms with Crippen LogP contribution in [0, 0.1) is 0 Å². The third kappa shape index (κ3) is 4.49. The van der Waals surface area contributed by atoms with Gasteiger partial charge in [0.2, 0.25) is 11.8 Å². The van der Waals surface area contributed by atoms with E-state index >= 15 is 0 Å². The van der Waals surface area contributed by atoms with E-state index in [1.165, 1.54) is 6.92 Å². The smallest absolute Gasteiger partial charge is 0.255 e. The summed E-state index contributed by atoms with van der Waals surface area (Å²) in [7, 11) is 1.54. The van der Waals surface area contributed by atoms with Gasteiger partial charge in [-0.15, -0.1) is 0 Å². The summed E-state index contributed by atoms with van der Waals surface area (Å²) in [6, 6.07) is 12.3.